The van der Waals surface area contributed by atoms with Crippen LogP contribution in [-0.4, -0.2) is 16.1 Å². The van der Waals surface area contributed by atoms with Gasteiger partial charge in [-0.3, -0.25) is 4.98 Å². The van der Waals surface area contributed by atoms with E-state index in [9.17, 15) is 0 Å². The molecule has 1 unspecified atom stereocenters. The molecule has 6 aromatic carbocycles. The van der Waals surface area contributed by atoms with Gasteiger partial charge in [-0.1, -0.05) is 105 Å². The average Bonchev–Trinajstić information content (AvgIpc) is 3.93. The van der Waals surface area contributed by atoms with Gasteiger partial charge in [0.25, 0.3) is 0 Å². The fourth-order valence-electron chi connectivity index (χ4n) is 8.94. The molecule has 56 heavy (non-hydrogen) atoms. The van der Waals surface area contributed by atoms with Crippen molar-refractivity contribution in [1.29, 1.82) is 0 Å². The number of pyridine rings is 1. The minimum atomic E-state index is 0.445. The Morgan fingerprint density at radius 2 is 1.52 bits per heavy atom. The third-order valence-corrected chi connectivity index (χ3v) is 11.9. The molecule has 0 spiro atoms. The molecule has 1 aliphatic heterocycles. The van der Waals surface area contributed by atoms with Gasteiger partial charge in [0.05, 0.1) is 28.7 Å². The first-order valence-corrected chi connectivity index (χ1v) is 19.8. The molecule has 10 rings (SSSR count). The van der Waals surface area contributed by atoms with Crippen LogP contribution in [0.4, 0.5) is 11.4 Å². The first-order chi connectivity index (χ1) is 27.5. The smallest absolute Gasteiger partial charge is 0.145 e. The van der Waals surface area contributed by atoms with Crippen LogP contribution in [0.5, 0.6) is 0 Å². The molecular weight excluding hydrogens is 683 g/mol. The number of fused-ring (bicyclic) bond motifs is 6. The minimum absolute atomic E-state index is 0.445. The van der Waals surface area contributed by atoms with Gasteiger partial charge in [0, 0.05) is 56.0 Å². The summed E-state index contributed by atoms with van der Waals surface area (Å²) >= 11 is 0. The second-order valence-electron chi connectivity index (χ2n) is 15.1. The third-order valence-electron chi connectivity index (χ3n) is 11.9. The summed E-state index contributed by atoms with van der Waals surface area (Å²) in [7, 11) is 0. The van der Waals surface area contributed by atoms with E-state index in [4.69, 9.17) is 4.42 Å². The maximum absolute atomic E-state index is 7.23. The van der Waals surface area contributed by atoms with Crippen molar-refractivity contribution in [3.05, 3.63) is 179 Å². The Labute approximate surface area is 327 Å². The van der Waals surface area contributed by atoms with Gasteiger partial charge >= 0.3 is 0 Å². The predicted molar refractivity (Wildman–Crippen MR) is 234 cm³/mol. The van der Waals surface area contributed by atoms with Crippen molar-refractivity contribution >= 4 is 55.8 Å². The predicted octanol–water partition coefficient (Wildman–Crippen LogP) is 12.2. The number of anilines is 2. The zero-order chi connectivity index (χ0) is 37.9. The molecule has 0 radical (unpaired) electrons. The van der Waals surface area contributed by atoms with Crippen LogP contribution in [-0.2, 0) is 0 Å². The quantitative estimate of drug-likeness (QED) is 0.171. The van der Waals surface area contributed by atoms with Crippen LogP contribution in [0, 0.1) is 6.92 Å². The highest BCUT2D eigenvalue weighted by Gasteiger charge is 2.28. The van der Waals surface area contributed by atoms with Gasteiger partial charge < -0.3 is 13.9 Å². The molecular formula is C52H43N3O. The lowest BCUT2D eigenvalue weighted by Gasteiger charge is -2.20. The Kier molecular flexibility index (Phi) is 8.22. The van der Waals surface area contributed by atoms with Gasteiger partial charge in [0.2, 0.25) is 0 Å². The lowest BCUT2D eigenvalue weighted by molar-refractivity contribution is 0.575. The van der Waals surface area contributed by atoms with Crippen LogP contribution >= 0.6 is 0 Å². The summed E-state index contributed by atoms with van der Waals surface area (Å²) in [5.41, 5.74) is 17.3. The van der Waals surface area contributed by atoms with Crippen LogP contribution < -0.4 is 15.5 Å². The number of aromatic nitrogens is 2. The number of hydrogen-bond donors (Lipinski definition) is 0. The van der Waals surface area contributed by atoms with Gasteiger partial charge in [-0.2, -0.15) is 0 Å². The molecule has 1 atom stereocenters. The number of aryl methyl sites for hydroxylation is 1. The summed E-state index contributed by atoms with van der Waals surface area (Å²) in [5.74, 6) is 0.445. The first kappa shape index (κ1) is 33.9. The van der Waals surface area contributed by atoms with Crippen molar-refractivity contribution in [1.82, 2.24) is 9.55 Å². The Bertz CT molecular complexity index is 3090. The largest absolute Gasteiger partial charge is 0.455 e. The number of benzene rings is 6. The maximum Gasteiger partial charge on any atom is 0.145 e. The maximum atomic E-state index is 7.23. The van der Waals surface area contributed by atoms with E-state index in [0.717, 1.165) is 61.6 Å². The van der Waals surface area contributed by atoms with Crippen LogP contribution in [0.25, 0.3) is 72.5 Å². The Morgan fingerprint density at radius 3 is 2.34 bits per heavy atom. The summed E-state index contributed by atoms with van der Waals surface area (Å²) in [6, 6.07) is 52.6. The molecule has 272 valence electrons. The van der Waals surface area contributed by atoms with E-state index in [0.29, 0.717) is 12.5 Å². The van der Waals surface area contributed by atoms with Gasteiger partial charge in [-0.05, 0) is 109 Å². The zero-order valence-electron chi connectivity index (χ0n) is 32.3. The number of para-hydroxylation sites is 2. The molecule has 4 nitrogen and oxygen atoms in total. The SMILES string of the molecule is C/C=c1\c(=C2/CN(c3cccc(-c4ccccn4)c3)c3ccccc32)oc2c1ccc1c2c2ccccc2n1-c1ccc(C(C)CC)c(-c2ccccc2C)c1. The van der Waals surface area contributed by atoms with E-state index >= 15 is 0 Å². The molecule has 4 heteroatoms. The van der Waals surface area contributed by atoms with Crippen LogP contribution in [0.15, 0.2) is 156 Å². The molecule has 1 aliphatic rings. The van der Waals surface area contributed by atoms with Crippen molar-refractivity contribution in [3.8, 4) is 28.1 Å². The highest BCUT2D eigenvalue weighted by molar-refractivity contribution is 6.19. The monoisotopic (exact) mass is 725 g/mol. The highest BCUT2D eigenvalue weighted by Crippen LogP contribution is 2.42. The molecule has 0 amide bonds. The molecule has 0 aliphatic carbocycles. The van der Waals surface area contributed by atoms with Crippen molar-refractivity contribution in [2.45, 2.75) is 40.0 Å². The molecule has 4 heterocycles. The van der Waals surface area contributed by atoms with Gasteiger partial charge in [-0.25, -0.2) is 0 Å². The third kappa shape index (κ3) is 5.31. The Balaban J connectivity index is 1.19. The molecule has 0 bridgehead atoms. The van der Waals surface area contributed by atoms with E-state index in [-0.39, 0.29) is 0 Å². The van der Waals surface area contributed by atoms with Crippen molar-refractivity contribution in [2.75, 3.05) is 11.4 Å². The first-order valence-electron chi connectivity index (χ1n) is 19.8. The summed E-state index contributed by atoms with van der Waals surface area (Å²) in [5, 5.41) is 4.59. The van der Waals surface area contributed by atoms with E-state index in [1.807, 2.05) is 18.3 Å². The van der Waals surface area contributed by atoms with Crippen LogP contribution in [0.1, 0.15) is 49.8 Å². The normalized spacial score (nSPS) is 14.6. The molecule has 0 N–H and O–H groups in total. The topological polar surface area (TPSA) is 34.2 Å². The average molecular weight is 726 g/mol. The van der Waals surface area contributed by atoms with Crippen LogP contribution in [0.2, 0.25) is 0 Å². The highest BCUT2D eigenvalue weighted by atomic mass is 16.3. The lowest BCUT2D eigenvalue weighted by atomic mass is 9.88. The van der Waals surface area contributed by atoms with Crippen molar-refractivity contribution in [3.63, 3.8) is 0 Å². The number of furan rings is 1. The second-order valence-corrected chi connectivity index (χ2v) is 15.1. The summed E-state index contributed by atoms with van der Waals surface area (Å²) in [6.07, 6.45) is 5.15. The van der Waals surface area contributed by atoms with Gasteiger partial charge in [0.1, 0.15) is 11.0 Å². The Morgan fingerprint density at radius 1 is 0.714 bits per heavy atom. The molecule has 3 aromatic heterocycles. The van der Waals surface area contributed by atoms with Crippen molar-refractivity contribution in [2.24, 2.45) is 0 Å². The Hall–Kier alpha value is -6.65. The summed E-state index contributed by atoms with van der Waals surface area (Å²) in [4.78, 5) is 7.03. The fraction of sp³-hybridized carbons (Fsp3) is 0.135. The van der Waals surface area contributed by atoms with E-state index in [1.165, 1.54) is 50.0 Å². The van der Waals surface area contributed by atoms with Crippen LogP contribution in [0.3, 0.4) is 0 Å². The minimum Gasteiger partial charge on any atom is -0.455 e. The van der Waals surface area contributed by atoms with Gasteiger partial charge in [0.15, 0.2) is 0 Å². The standard InChI is InChI=1S/C52H43N3O/c1-5-33(3)40-26-25-37(31-44(40)39-19-8-7-16-34(39)4)55-48-24-12-10-21-43(48)50-49(55)28-27-42-38(6-2)51(56-52(42)50)45-32-54(47-23-11-9-20-41(45)47)36-18-15-17-35(30-36)46-22-13-14-29-53-46/h6-31,33H,5,32H2,1-4H3/b38-6-,51-45-. The number of rotatable bonds is 6. The number of nitrogens with zero attached hydrogens (tertiary/aromatic N) is 3. The second kappa shape index (κ2) is 13.6. The molecule has 0 saturated carbocycles. The fourth-order valence-corrected chi connectivity index (χ4v) is 8.94. The number of hydrogen-bond acceptors (Lipinski definition) is 3. The summed E-state index contributed by atoms with van der Waals surface area (Å²) < 4.78 is 9.66. The molecule has 0 fully saturated rings. The van der Waals surface area contributed by atoms with Gasteiger partial charge in [-0.15, -0.1) is 0 Å². The molecule has 9 aromatic rings. The van der Waals surface area contributed by atoms with E-state index < -0.39 is 0 Å². The van der Waals surface area contributed by atoms with E-state index in [2.05, 4.69) is 182 Å². The summed E-state index contributed by atoms with van der Waals surface area (Å²) in [6.45, 7) is 9.66. The van der Waals surface area contributed by atoms with Crippen molar-refractivity contribution < 1.29 is 4.42 Å². The molecule has 0 saturated heterocycles. The zero-order valence-corrected chi connectivity index (χ0v) is 32.3. The van der Waals surface area contributed by atoms with E-state index in [1.54, 1.807) is 0 Å². The lowest BCUT2D eigenvalue weighted by Crippen LogP contribution is -2.25.